The van der Waals surface area contributed by atoms with E-state index in [0.29, 0.717) is 39.0 Å². The highest BCUT2D eigenvalue weighted by Crippen LogP contribution is 2.27. The van der Waals surface area contributed by atoms with Crippen LogP contribution in [0, 0.1) is 17.6 Å². The summed E-state index contributed by atoms with van der Waals surface area (Å²) in [4.78, 5) is 16.9. The Balaban J connectivity index is 1.30. The van der Waals surface area contributed by atoms with Gasteiger partial charge in [0.05, 0.1) is 5.75 Å². The van der Waals surface area contributed by atoms with Gasteiger partial charge in [0.2, 0.25) is 15.9 Å². The molecule has 0 atom stereocenters. The highest BCUT2D eigenvalue weighted by Gasteiger charge is 2.34. The minimum absolute atomic E-state index is 0.0311. The van der Waals surface area contributed by atoms with Crippen molar-refractivity contribution in [3.8, 4) is 0 Å². The van der Waals surface area contributed by atoms with E-state index >= 15 is 0 Å². The normalized spacial score (nSPS) is 18.5. The molecule has 33 heavy (non-hydrogen) atoms. The van der Waals surface area contributed by atoms with Crippen LogP contribution in [-0.4, -0.2) is 62.8 Å². The molecule has 0 unspecified atom stereocenters. The number of halogens is 3. The van der Waals surface area contributed by atoms with Gasteiger partial charge in [-0.25, -0.2) is 21.5 Å². The van der Waals surface area contributed by atoms with E-state index in [1.54, 1.807) is 12.1 Å². The van der Waals surface area contributed by atoms with E-state index in [2.05, 4.69) is 4.90 Å². The van der Waals surface area contributed by atoms with Crippen molar-refractivity contribution in [3.63, 3.8) is 0 Å². The first kappa shape index (κ1) is 23.9. The van der Waals surface area contributed by atoms with Crippen molar-refractivity contribution in [3.05, 3.63) is 64.7 Å². The maximum Gasteiger partial charge on any atom is 0.225 e. The van der Waals surface area contributed by atoms with E-state index in [-0.39, 0.29) is 41.3 Å². The molecule has 0 radical (unpaired) electrons. The van der Waals surface area contributed by atoms with E-state index in [4.69, 9.17) is 11.6 Å². The lowest BCUT2D eigenvalue weighted by Crippen LogP contribution is -2.52. The third-order valence-corrected chi connectivity index (χ3v) is 8.53. The standard InChI is InChI=1S/C23H26ClF2N3O3S/c24-21-2-1-3-22(26)20(21)16-33(31,32)29-10-8-17(9-11-29)23(30)28-14-12-27(13-15-28)19-6-4-18(25)5-7-19/h1-7,17H,8-16H2. The Morgan fingerprint density at radius 2 is 1.58 bits per heavy atom. The van der Waals surface area contributed by atoms with E-state index in [1.807, 2.05) is 4.90 Å². The molecule has 0 saturated carbocycles. The fourth-order valence-electron chi connectivity index (χ4n) is 4.42. The number of anilines is 1. The van der Waals surface area contributed by atoms with Crippen LogP contribution in [0.5, 0.6) is 0 Å². The van der Waals surface area contributed by atoms with Crippen LogP contribution < -0.4 is 4.90 Å². The Bertz CT molecular complexity index is 1080. The fourth-order valence-corrected chi connectivity index (χ4v) is 6.34. The lowest BCUT2D eigenvalue weighted by Gasteiger charge is -2.39. The van der Waals surface area contributed by atoms with Crippen LogP contribution >= 0.6 is 11.6 Å². The molecule has 178 valence electrons. The summed E-state index contributed by atoms with van der Waals surface area (Å²) in [5.74, 6) is -1.61. The van der Waals surface area contributed by atoms with Crippen molar-refractivity contribution < 1.29 is 22.0 Å². The summed E-state index contributed by atoms with van der Waals surface area (Å²) in [6.07, 6.45) is 0.864. The third-order valence-electron chi connectivity index (χ3n) is 6.37. The lowest BCUT2D eigenvalue weighted by atomic mass is 9.96. The lowest BCUT2D eigenvalue weighted by molar-refractivity contribution is -0.137. The molecule has 2 aromatic carbocycles. The van der Waals surface area contributed by atoms with Crippen LogP contribution in [0.1, 0.15) is 18.4 Å². The van der Waals surface area contributed by atoms with Gasteiger partial charge in [-0.15, -0.1) is 0 Å². The van der Waals surface area contributed by atoms with E-state index in [1.165, 1.54) is 34.6 Å². The molecule has 2 fully saturated rings. The number of piperidine rings is 1. The molecular weight excluding hydrogens is 472 g/mol. The second-order valence-corrected chi connectivity index (χ2v) is 10.8. The summed E-state index contributed by atoms with van der Waals surface area (Å²) in [6, 6.07) is 10.4. The van der Waals surface area contributed by atoms with E-state index in [0.717, 1.165) is 5.69 Å². The predicted octanol–water partition coefficient (Wildman–Crippen LogP) is 3.51. The second kappa shape index (κ2) is 9.95. The Morgan fingerprint density at radius 1 is 0.939 bits per heavy atom. The molecule has 1 amide bonds. The summed E-state index contributed by atoms with van der Waals surface area (Å²) in [5, 5.41) is 0.0865. The average Bonchev–Trinajstić information content (AvgIpc) is 2.82. The number of carbonyl (C=O) groups excluding carboxylic acids is 1. The number of hydrogen-bond donors (Lipinski definition) is 0. The summed E-state index contributed by atoms with van der Waals surface area (Å²) < 4.78 is 54.1. The van der Waals surface area contributed by atoms with Gasteiger partial charge in [0.25, 0.3) is 0 Å². The van der Waals surface area contributed by atoms with Crippen LogP contribution in [0.3, 0.4) is 0 Å². The van der Waals surface area contributed by atoms with Crippen LogP contribution in [0.2, 0.25) is 5.02 Å². The van der Waals surface area contributed by atoms with Gasteiger partial charge in [-0.3, -0.25) is 4.79 Å². The van der Waals surface area contributed by atoms with E-state index < -0.39 is 21.6 Å². The predicted molar refractivity (Wildman–Crippen MR) is 124 cm³/mol. The van der Waals surface area contributed by atoms with Crippen LogP contribution in [0.4, 0.5) is 14.5 Å². The molecule has 4 rings (SSSR count). The molecule has 0 spiro atoms. The van der Waals surface area contributed by atoms with Crippen molar-refractivity contribution >= 4 is 33.2 Å². The quantitative estimate of drug-likeness (QED) is 0.634. The van der Waals surface area contributed by atoms with Gasteiger partial charge < -0.3 is 9.80 Å². The summed E-state index contributed by atoms with van der Waals surface area (Å²) in [6.45, 7) is 2.91. The smallest absolute Gasteiger partial charge is 0.225 e. The molecule has 2 heterocycles. The van der Waals surface area contributed by atoms with Gasteiger partial charge >= 0.3 is 0 Å². The number of piperazine rings is 1. The summed E-state index contributed by atoms with van der Waals surface area (Å²) in [7, 11) is -3.75. The number of benzene rings is 2. The zero-order chi connectivity index (χ0) is 23.6. The SMILES string of the molecule is O=C(C1CCN(S(=O)(=O)Cc2c(F)cccc2Cl)CC1)N1CCN(c2ccc(F)cc2)CC1. The van der Waals surface area contributed by atoms with Crippen molar-refractivity contribution in [2.24, 2.45) is 5.92 Å². The average molecular weight is 498 g/mol. The zero-order valence-corrected chi connectivity index (χ0v) is 19.7. The molecule has 2 aliphatic heterocycles. The second-order valence-electron chi connectivity index (χ2n) is 8.42. The molecule has 0 aliphatic carbocycles. The van der Waals surface area contributed by atoms with Crippen molar-refractivity contribution in [1.82, 2.24) is 9.21 Å². The van der Waals surface area contributed by atoms with Crippen LogP contribution in [0.15, 0.2) is 42.5 Å². The van der Waals surface area contributed by atoms with Gasteiger partial charge in [0.15, 0.2) is 0 Å². The number of nitrogens with zero attached hydrogens (tertiary/aromatic N) is 3. The number of rotatable bonds is 5. The molecule has 2 aromatic rings. The number of amides is 1. The van der Waals surface area contributed by atoms with Gasteiger partial charge in [-0.2, -0.15) is 0 Å². The monoisotopic (exact) mass is 497 g/mol. The van der Waals surface area contributed by atoms with Crippen molar-refractivity contribution in [1.29, 1.82) is 0 Å². The third kappa shape index (κ3) is 5.47. The Labute approximate surface area is 197 Å². The Hall–Kier alpha value is -2.23. The first-order chi connectivity index (χ1) is 15.7. The topological polar surface area (TPSA) is 60.9 Å². The summed E-state index contributed by atoms with van der Waals surface area (Å²) >= 11 is 5.99. The van der Waals surface area contributed by atoms with Crippen LogP contribution in [-0.2, 0) is 20.6 Å². The maximum absolute atomic E-state index is 14.0. The number of hydrogen-bond acceptors (Lipinski definition) is 4. The minimum Gasteiger partial charge on any atom is -0.368 e. The maximum atomic E-state index is 14.0. The van der Waals surface area contributed by atoms with Gasteiger partial charge in [-0.1, -0.05) is 17.7 Å². The van der Waals surface area contributed by atoms with Crippen molar-refractivity contribution in [2.45, 2.75) is 18.6 Å². The Kier molecular flexibility index (Phi) is 7.21. The summed E-state index contributed by atoms with van der Waals surface area (Å²) in [5.41, 5.74) is 0.897. The van der Waals surface area contributed by atoms with E-state index in [9.17, 15) is 22.0 Å². The van der Waals surface area contributed by atoms with Crippen LogP contribution in [0.25, 0.3) is 0 Å². The molecule has 0 bridgehead atoms. The molecule has 10 heteroatoms. The highest BCUT2D eigenvalue weighted by atomic mass is 35.5. The largest absolute Gasteiger partial charge is 0.368 e. The van der Waals surface area contributed by atoms with Gasteiger partial charge in [0.1, 0.15) is 11.6 Å². The Morgan fingerprint density at radius 3 is 2.18 bits per heavy atom. The molecule has 0 N–H and O–H groups in total. The first-order valence-electron chi connectivity index (χ1n) is 10.9. The molecule has 0 aromatic heterocycles. The first-order valence-corrected chi connectivity index (χ1v) is 12.9. The fraction of sp³-hybridized carbons (Fsp3) is 0.435. The van der Waals surface area contributed by atoms with Crippen molar-refractivity contribution in [2.75, 3.05) is 44.2 Å². The molecule has 2 aliphatic rings. The molecular formula is C23H26ClF2N3O3S. The molecule has 2 saturated heterocycles. The minimum atomic E-state index is -3.75. The zero-order valence-electron chi connectivity index (χ0n) is 18.1. The number of sulfonamides is 1. The highest BCUT2D eigenvalue weighted by molar-refractivity contribution is 7.88. The van der Waals surface area contributed by atoms with Gasteiger partial charge in [-0.05, 0) is 49.2 Å². The van der Waals surface area contributed by atoms with Gasteiger partial charge in [0, 0.05) is 61.5 Å². The molecule has 6 nitrogen and oxygen atoms in total. The number of carbonyl (C=O) groups is 1.